The summed E-state index contributed by atoms with van der Waals surface area (Å²) in [6.07, 6.45) is 5.51. The van der Waals surface area contributed by atoms with Gasteiger partial charge in [-0.05, 0) is 38.0 Å². The Morgan fingerprint density at radius 1 is 1.30 bits per heavy atom. The first-order valence-electron chi connectivity index (χ1n) is 10.0. The normalized spacial score (nSPS) is 26.7. The summed E-state index contributed by atoms with van der Waals surface area (Å²) >= 11 is 0. The van der Waals surface area contributed by atoms with Gasteiger partial charge in [-0.2, -0.15) is 5.10 Å². The van der Waals surface area contributed by atoms with Gasteiger partial charge in [0.05, 0.1) is 19.7 Å². The number of amides is 2. The number of hydrogen-bond acceptors (Lipinski definition) is 5. The summed E-state index contributed by atoms with van der Waals surface area (Å²) in [5.74, 6) is 0.729. The Labute approximate surface area is 158 Å². The lowest BCUT2D eigenvalue weighted by atomic mass is 9.89. The van der Waals surface area contributed by atoms with Crippen molar-refractivity contribution in [1.82, 2.24) is 25.3 Å². The van der Waals surface area contributed by atoms with E-state index >= 15 is 0 Å². The van der Waals surface area contributed by atoms with Crippen molar-refractivity contribution in [3.63, 3.8) is 0 Å². The first-order chi connectivity index (χ1) is 13.1. The summed E-state index contributed by atoms with van der Waals surface area (Å²) < 4.78 is 6.14. The molecule has 1 spiro atoms. The topological polar surface area (TPSA) is 90.6 Å². The molecular formula is C19H27N5O3. The number of carbonyl (C=O) groups excluding carboxylic acids is 2. The van der Waals surface area contributed by atoms with Crippen LogP contribution in [0.2, 0.25) is 0 Å². The Kier molecular flexibility index (Phi) is 4.01. The SMILES string of the molecule is CNC(=O)[C@@H]1COC2(CN(C(=O)c3n[nH]c4c3CCC4)C2)CN1CC1CC1. The molecule has 0 radical (unpaired) electrons. The van der Waals surface area contributed by atoms with Crippen LogP contribution in [0.25, 0.3) is 0 Å². The van der Waals surface area contributed by atoms with Crippen LogP contribution in [0, 0.1) is 5.92 Å². The van der Waals surface area contributed by atoms with Crippen LogP contribution in [0.15, 0.2) is 0 Å². The lowest BCUT2D eigenvalue weighted by Crippen LogP contribution is -2.73. The van der Waals surface area contributed by atoms with Crippen molar-refractivity contribution < 1.29 is 14.3 Å². The summed E-state index contributed by atoms with van der Waals surface area (Å²) in [6.45, 7) is 3.21. The van der Waals surface area contributed by atoms with Crippen LogP contribution in [0.4, 0.5) is 0 Å². The number of morpholine rings is 1. The van der Waals surface area contributed by atoms with E-state index < -0.39 is 0 Å². The van der Waals surface area contributed by atoms with Crippen LogP contribution in [0.5, 0.6) is 0 Å². The maximum absolute atomic E-state index is 12.9. The predicted molar refractivity (Wildman–Crippen MR) is 97.4 cm³/mol. The molecule has 3 fully saturated rings. The average Bonchev–Trinajstić information content (AvgIpc) is 3.17. The number of aryl methyl sites for hydroxylation is 1. The summed E-state index contributed by atoms with van der Waals surface area (Å²) in [5, 5.41) is 10.0. The summed E-state index contributed by atoms with van der Waals surface area (Å²) in [7, 11) is 1.67. The minimum absolute atomic E-state index is 0.00536. The van der Waals surface area contributed by atoms with E-state index in [1.165, 1.54) is 12.8 Å². The van der Waals surface area contributed by atoms with E-state index in [1.54, 1.807) is 7.05 Å². The van der Waals surface area contributed by atoms with Crippen LogP contribution >= 0.6 is 0 Å². The van der Waals surface area contributed by atoms with Crippen molar-refractivity contribution in [2.24, 2.45) is 5.92 Å². The lowest BCUT2D eigenvalue weighted by molar-refractivity contribution is -0.191. The summed E-state index contributed by atoms with van der Waals surface area (Å²) in [4.78, 5) is 29.2. The maximum atomic E-state index is 12.9. The van der Waals surface area contributed by atoms with E-state index in [2.05, 4.69) is 20.4 Å². The van der Waals surface area contributed by atoms with Gasteiger partial charge in [-0.15, -0.1) is 0 Å². The monoisotopic (exact) mass is 373 g/mol. The summed E-state index contributed by atoms with van der Waals surface area (Å²) in [6, 6.07) is -0.222. The number of likely N-dealkylation sites (N-methyl/N-ethyl adjacent to an activating group) is 1. The third-order valence-corrected chi connectivity index (χ3v) is 6.47. The van der Waals surface area contributed by atoms with Crippen molar-refractivity contribution in [3.05, 3.63) is 17.0 Å². The number of ether oxygens (including phenoxy) is 1. The fourth-order valence-electron chi connectivity index (χ4n) is 4.75. The van der Waals surface area contributed by atoms with Crippen molar-refractivity contribution in [1.29, 1.82) is 0 Å². The molecule has 1 saturated carbocycles. The zero-order valence-electron chi connectivity index (χ0n) is 15.8. The van der Waals surface area contributed by atoms with Crippen molar-refractivity contribution in [2.75, 3.05) is 39.8 Å². The standard InChI is InChI=1S/C19H27N5O3/c1-20-17(25)15-8-27-19(9-23(15)7-12-5-6-12)10-24(11-19)18(26)16-13-3-2-4-14(13)21-22-16/h12,15H,2-11H2,1H3,(H,20,25)(H,21,22)/t15-/m0/s1. The van der Waals surface area contributed by atoms with Gasteiger partial charge in [0.1, 0.15) is 11.6 Å². The van der Waals surface area contributed by atoms with E-state index in [4.69, 9.17) is 4.74 Å². The Morgan fingerprint density at radius 2 is 2.11 bits per heavy atom. The van der Waals surface area contributed by atoms with Crippen LogP contribution in [-0.4, -0.2) is 83.3 Å². The number of carbonyl (C=O) groups is 2. The largest absolute Gasteiger partial charge is 0.368 e. The number of hydrogen-bond donors (Lipinski definition) is 2. The Bertz CT molecular complexity index is 765. The van der Waals surface area contributed by atoms with E-state index in [9.17, 15) is 9.59 Å². The van der Waals surface area contributed by atoms with Gasteiger partial charge < -0.3 is 15.0 Å². The number of aromatic amines is 1. The molecule has 4 aliphatic rings. The van der Waals surface area contributed by atoms with Gasteiger partial charge in [-0.25, -0.2) is 0 Å². The molecule has 1 aromatic rings. The highest BCUT2D eigenvalue weighted by Crippen LogP contribution is 2.36. The maximum Gasteiger partial charge on any atom is 0.274 e. The number of H-pyrrole nitrogens is 1. The number of rotatable bonds is 4. The molecule has 2 amide bonds. The highest BCUT2D eigenvalue weighted by molar-refractivity contribution is 5.95. The molecule has 1 atom stereocenters. The van der Waals surface area contributed by atoms with Gasteiger partial charge >= 0.3 is 0 Å². The number of fused-ring (bicyclic) bond motifs is 1. The first-order valence-corrected chi connectivity index (χ1v) is 10.0. The highest BCUT2D eigenvalue weighted by Gasteiger charge is 2.53. The highest BCUT2D eigenvalue weighted by atomic mass is 16.5. The van der Waals surface area contributed by atoms with E-state index in [0.29, 0.717) is 37.9 Å². The minimum Gasteiger partial charge on any atom is -0.368 e. The number of nitrogens with one attached hydrogen (secondary N) is 2. The molecule has 0 bridgehead atoms. The molecule has 2 N–H and O–H groups in total. The van der Waals surface area contributed by atoms with Crippen LogP contribution < -0.4 is 5.32 Å². The molecule has 2 aliphatic heterocycles. The van der Waals surface area contributed by atoms with Crippen LogP contribution in [0.1, 0.15) is 41.0 Å². The quantitative estimate of drug-likeness (QED) is 0.772. The van der Waals surface area contributed by atoms with E-state index in [1.807, 2.05) is 4.90 Å². The van der Waals surface area contributed by atoms with Gasteiger partial charge in [0.15, 0.2) is 5.69 Å². The fourth-order valence-corrected chi connectivity index (χ4v) is 4.75. The lowest BCUT2D eigenvalue weighted by Gasteiger charge is -2.55. The van der Waals surface area contributed by atoms with Crippen LogP contribution in [0.3, 0.4) is 0 Å². The molecule has 8 heteroatoms. The van der Waals surface area contributed by atoms with Gasteiger partial charge in [0.2, 0.25) is 5.91 Å². The van der Waals surface area contributed by atoms with Gasteiger partial charge in [-0.1, -0.05) is 0 Å². The van der Waals surface area contributed by atoms with E-state index in [-0.39, 0.29) is 23.5 Å². The molecule has 5 rings (SSSR count). The molecule has 0 aromatic carbocycles. The molecular weight excluding hydrogens is 346 g/mol. The van der Waals surface area contributed by atoms with Crippen molar-refractivity contribution in [2.45, 2.75) is 43.7 Å². The molecule has 1 aromatic heterocycles. The van der Waals surface area contributed by atoms with Crippen LogP contribution in [-0.2, 0) is 22.4 Å². The molecule has 3 heterocycles. The van der Waals surface area contributed by atoms with E-state index in [0.717, 1.165) is 37.1 Å². The van der Waals surface area contributed by atoms with Crippen molar-refractivity contribution >= 4 is 11.8 Å². The molecule has 146 valence electrons. The average molecular weight is 373 g/mol. The minimum atomic E-state index is -0.339. The number of nitrogens with zero attached hydrogens (tertiary/aromatic N) is 3. The molecule has 0 unspecified atom stereocenters. The molecule has 2 aliphatic carbocycles. The second-order valence-corrected chi connectivity index (χ2v) is 8.54. The van der Waals surface area contributed by atoms with Gasteiger partial charge in [0.25, 0.3) is 5.91 Å². The smallest absolute Gasteiger partial charge is 0.274 e. The zero-order valence-corrected chi connectivity index (χ0v) is 15.8. The molecule has 2 saturated heterocycles. The number of likely N-dealkylation sites (tertiary alicyclic amines) is 1. The Hall–Kier alpha value is -1.93. The zero-order chi connectivity index (χ0) is 18.6. The number of aromatic nitrogens is 2. The first kappa shape index (κ1) is 17.2. The second-order valence-electron chi connectivity index (χ2n) is 8.54. The Balaban J connectivity index is 1.25. The fraction of sp³-hybridized carbons (Fsp3) is 0.737. The third kappa shape index (κ3) is 2.95. The molecule has 27 heavy (non-hydrogen) atoms. The second kappa shape index (κ2) is 6.31. The summed E-state index contributed by atoms with van der Waals surface area (Å²) in [5.41, 5.74) is 2.47. The predicted octanol–water partition coefficient (Wildman–Crippen LogP) is -0.0502. The van der Waals surface area contributed by atoms with Gasteiger partial charge in [0, 0.05) is 31.4 Å². The molecule has 8 nitrogen and oxygen atoms in total. The third-order valence-electron chi connectivity index (χ3n) is 6.47. The Morgan fingerprint density at radius 3 is 2.85 bits per heavy atom. The van der Waals surface area contributed by atoms with Crippen molar-refractivity contribution in [3.8, 4) is 0 Å². The van der Waals surface area contributed by atoms with Gasteiger partial charge in [-0.3, -0.25) is 19.6 Å².